The standard InChI is InChI=1S/C13H18FNO/c1-9-6-15(7-10(9)2)13-11(8-16)4-3-5-12(13)14/h3-5,9-10,16H,6-8H2,1-2H3. The average Bonchev–Trinajstić information content (AvgIpc) is 2.58. The van der Waals surface area contributed by atoms with Gasteiger partial charge in [-0.3, -0.25) is 0 Å². The Labute approximate surface area is 95.7 Å². The fraction of sp³-hybridized carbons (Fsp3) is 0.538. The number of para-hydroxylation sites is 1. The molecule has 2 nitrogen and oxygen atoms in total. The van der Waals surface area contributed by atoms with E-state index in [4.69, 9.17) is 0 Å². The summed E-state index contributed by atoms with van der Waals surface area (Å²) in [6.07, 6.45) is 0. The monoisotopic (exact) mass is 223 g/mol. The van der Waals surface area contributed by atoms with Crippen molar-refractivity contribution < 1.29 is 9.50 Å². The van der Waals surface area contributed by atoms with Crippen molar-refractivity contribution in [2.75, 3.05) is 18.0 Å². The molecule has 16 heavy (non-hydrogen) atoms. The van der Waals surface area contributed by atoms with E-state index in [2.05, 4.69) is 18.7 Å². The Kier molecular flexibility index (Phi) is 3.15. The van der Waals surface area contributed by atoms with Crippen molar-refractivity contribution in [3.63, 3.8) is 0 Å². The fourth-order valence-corrected chi connectivity index (χ4v) is 2.35. The predicted octanol–water partition coefficient (Wildman–Crippen LogP) is 2.41. The molecule has 0 aliphatic carbocycles. The Morgan fingerprint density at radius 2 is 1.94 bits per heavy atom. The fourth-order valence-electron chi connectivity index (χ4n) is 2.35. The molecule has 1 aliphatic rings. The molecule has 0 amide bonds. The molecule has 88 valence electrons. The molecule has 2 rings (SSSR count). The highest BCUT2D eigenvalue weighted by molar-refractivity contribution is 5.55. The number of aliphatic hydroxyl groups is 1. The summed E-state index contributed by atoms with van der Waals surface area (Å²) < 4.78 is 13.8. The van der Waals surface area contributed by atoms with Gasteiger partial charge in [-0.1, -0.05) is 26.0 Å². The van der Waals surface area contributed by atoms with Crippen molar-refractivity contribution in [2.24, 2.45) is 11.8 Å². The van der Waals surface area contributed by atoms with Gasteiger partial charge in [-0.2, -0.15) is 0 Å². The molecule has 0 saturated carbocycles. The number of hydrogen-bond donors (Lipinski definition) is 1. The van der Waals surface area contributed by atoms with E-state index >= 15 is 0 Å². The molecule has 1 aliphatic heterocycles. The summed E-state index contributed by atoms with van der Waals surface area (Å²) >= 11 is 0. The third-order valence-corrected chi connectivity index (χ3v) is 3.55. The summed E-state index contributed by atoms with van der Waals surface area (Å²) in [5.74, 6) is 0.921. The van der Waals surface area contributed by atoms with E-state index in [1.165, 1.54) is 6.07 Å². The number of aliphatic hydroxyl groups excluding tert-OH is 1. The summed E-state index contributed by atoms with van der Waals surface area (Å²) in [7, 11) is 0. The third kappa shape index (κ3) is 1.92. The van der Waals surface area contributed by atoms with Crippen molar-refractivity contribution in [1.82, 2.24) is 0 Å². The quantitative estimate of drug-likeness (QED) is 0.832. The summed E-state index contributed by atoms with van der Waals surface area (Å²) in [5, 5.41) is 9.24. The maximum absolute atomic E-state index is 13.8. The van der Waals surface area contributed by atoms with Gasteiger partial charge in [0.25, 0.3) is 0 Å². The van der Waals surface area contributed by atoms with Crippen LogP contribution in [-0.2, 0) is 6.61 Å². The highest BCUT2D eigenvalue weighted by Gasteiger charge is 2.28. The molecule has 1 fully saturated rings. The molecule has 2 unspecified atom stereocenters. The van der Waals surface area contributed by atoms with Crippen LogP contribution >= 0.6 is 0 Å². The lowest BCUT2D eigenvalue weighted by molar-refractivity contribution is 0.281. The maximum atomic E-state index is 13.8. The van der Waals surface area contributed by atoms with E-state index in [1.54, 1.807) is 12.1 Å². The van der Waals surface area contributed by atoms with Gasteiger partial charge in [0.2, 0.25) is 0 Å². The summed E-state index contributed by atoms with van der Waals surface area (Å²) in [4.78, 5) is 2.05. The molecule has 1 aromatic carbocycles. The molecule has 1 N–H and O–H groups in total. The van der Waals surface area contributed by atoms with Crippen molar-refractivity contribution in [3.05, 3.63) is 29.6 Å². The highest BCUT2D eigenvalue weighted by atomic mass is 19.1. The minimum absolute atomic E-state index is 0.105. The van der Waals surface area contributed by atoms with Crippen LogP contribution in [0.4, 0.5) is 10.1 Å². The van der Waals surface area contributed by atoms with Crippen molar-refractivity contribution in [2.45, 2.75) is 20.5 Å². The van der Waals surface area contributed by atoms with Crippen LogP contribution in [0.1, 0.15) is 19.4 Å². The number of halogens is 1. The van der Waals surface area contributed by atoms with Gasteiger partial charge in [-0.25, -0.2) is 4.39 Å². The average molecular weight is 223 g/mol. The van der Waals surface area contributed by atoms with Gasteiger partial charge in [0.1, 0.15) is 5.82 Å². The zero-order valence-electron chi connectivity index (χ0n) is 9.78. The molecule has 0 bridgehead atoms. The van der Waals surface area contributed by atoms with E-state index in [0.29, 0.717) is 23.1 Å². The SMILES string of the molecule is CC1CN(c2c(F)cccc2CO)CC1C. The zero-order valence-corrected chi connectivity index (χ0v) is 9.78. The Morgan fingerprint density at radius 1 is 1.31 bits per heavy atom. The van der Waals surface area contributed by atoms with Crippen LogP contribution < -0.4 is 4.90 Å². The highest BCUT2D eigenvalue weighted by Crippen LogP contribution is 2.32. The molecule has 1 heterocycles. The van der Waals surface area contributed by atoms with Gasteiger partial charge in [-0.05, 0) is 17.9 Å². The first kappa shape index (κ1) is 11.4. The first-order valence-electron chi connectivity index (χ1n) is 5.76. The van der Waals surface area contributed by atoms with Crippen LogP contribution in [-0.4, -0.2) is 18.2 Å². The number of rotatable bonds is 2. The smallest absolute Gasteiger partial charge is 0.146 e. The Balaban J connectivity index is 2.33. The lowest BCUT2D eigenvalue weighted by atomic mass is 10.0. The molecule has 0 spiro atoms. The second-order valence-electron chi connectivity index (χ2n) is 4.77. The van der Waals surface area contributed by atoms with Crippen molar-refractivity contribution in [1.29, 1.82) is 0 Å². The van der Waals surface area contributed by atoms with Gasteiger partial charge in [-0.15, -0.1) is 0 Å². The first-order chi connectivity index (χ1) is 7.63. The maximum Gasteiger partial charge on any atom is 0.146 e. The van der Waals surface area contributed by atoms with Crippen molar-refractivity contribution >= 4 is 5.69 Å². The predicted molar refractivity (Wildman–Crippen MR) is 62.9 cm³/mol. The molecular formula is C13H18FNO. The van der Waals surface area contributed by atoms with Gasteiger partial charge in [0, 0.05) is 18.7 Å². The summed E-state index contributed by atoms with van der Waals surface area (Å²) in [6.45, 7) is 6.00. The topological polar surface area (TPSA) is 23.5 Å². The van der Waals surface area contributed by atoms with Gasteiger partial charge < -0.3 is 10.0 Å². The van der Waals surface area contributed by atoms with Crippen LogP contribution in [0, 0.1) is 17.7 Å². The molecule has 3 heteroatoms. The normalized spacial score (nSPS) is 25.1. The first-order valence-corrected chi connectivity index (χ1v) is 5.76. The number of nitrogens with zero attached hydrogens (tertiary/aromatic N) is 1. The van der Waals surface area contributed by atoms with Crippen LogP contribution in [0.2, 0.25) is 0 Å². The molecule has 1 saturated heterocycles. The molecule has 0 aromatic heterocycles. The lowest BCUT2D eigenvalue weighted by Crippen LogP contribution is -2.22. The minimum Gasteiger partial charge on any atom is -0.392 e. The Bertz CT molecular complexity index is 370. The van der Waals surface area contributed by atoms with Gasteiger partial charge >= 0.3 is 0 Å². The zero-order chi connectivity index (χ0) is 11.7. The second kappa shape index (κ2) is 4.42. The van der Waals surface area contributed by atoms with Crippen molar-refractivity contribution in [3.8, 4) is 0 Å². The van der Waals surface area contributed by atoms with Gasteiger partial charge in [0.05, 0.1) is 12.3 Å². The van der Waals surface area contributed by atoms with Crippen LogP contribution in [0.3, 0.4) is 0 Å². The number of benzene rings is 1. The van der Waals surface area contributed by atoms with Crippen LogP contribution in [0.5, 0.6) is 0 Å². The second-order valence-corrected chi connectivity index (χ2v) is 4.77. The largest absolute Gasteiger partial charge is 0.392 e. The van der Waals surface area contributed by atoms with Gasteiger partial charge in [0.15, 0.2) is 0 Å². The minimum atomic E-state index is -0.229. The van der Waals surface area contributed by atoms with E-state index in [1.807, 2.05) is 0 Å². The van der Waals surface area contributed by atoms with Crippen LogP contribution in [0.25, 0.3) is 0 Å². The Hall–Kier alpha value is -1.09. The third-order valence-electron chi connectivity index (χ3n) is 3.55. The lowest BCUT2D eigenvalue weighted by Gasteiger charge is -2.22. The molecule has 1 aromatic rings. The number of hydrogen-bond acceptors (Lipinski definition) is 2. The van der Waals surface area contributed by atoms with E-state index in [-0.39, 0.29) is 12.4 Å². The van der Waals surface area contributed by atoms with Crippen LogP contribution in [0.15, 0.2) is 18.2 Å². The van der Waals surface area contributed by atoms with E-state index in [9.17, 15) is 9.50 Å². The molecule has 0 radical (unpaired) electrons. The summed E-state index contributed by atoms with van der Waals surface area (Å²) in [6, 6.07) is 4.89. The molecule has 2 atom stereocenters. The number of anilines is 1. The van der Waals surface area contributed by atoms with E-state index < -0.39 is 0 Å². The molecular weight excluding hydrogens is 205 g/mol. The Morgan fingerprint density at radius 3 is 2.50 bits per heavy atom. The summed E-state index contributed by atoms with van der Waals surface area (Å²) in [5.41, 5.74) is 1.27. The van der Waals surface area contributed by atoms with E-state index in [0.717, 1.165) is 13.1 Å².